The Morgan fingerprint density at radius 1 is 1.14 bits per heavy atom. The van der Waals surface area contributed by atoms with Crippen molar-refractivity contribution < 1.29 is 4.79 Å². The number of rotatable bonds is 3. The summed E-state index contributed by atoms with van der Waals surface area (Å²) in [5.74, 6) is 0.629. The first kappa shape index (κ1) is 16.3. The molecule has 1 amide bonds. The molecule has 2 aliphatic rings. The molecule has 3 nitrogen and oxygen atoms in total. The standard InChI is InChI=1S/C17H24N2O.ClH/c18-14-7-9-15(10-8-14)19-17(20)11-13-6-5-12-3-1-2-4-16(12)13;/h1-4,13-15H,5-11,18H2,(H,19,20);1H. The molecule has 3 rings (SSSR count). The highest BCUT2D eigenvalue weighted by Gasteiger charge is 2.26. The van der Waals surface area contributed by atoms with Gasteiger partial charge in [0.15, 0.2) is 0 Å². The molecule has 116 valence electrons. The topological polar surface area (TPSA) is 55.1 Å². The van der Waals surface area contributed by atoms with Gasteiger partial charge in [-0.15, -0.1) is 12.4 Å². The van der Waals surface area contributed by atoms with Crippen molar-refractivity contribution in [3.63, 3.8) is 0 Å². The van der Waals surface area contributed by atoms with Crippen LogP contribution in [0.3, 0.4) is 0 Å². The van der Waals surface area contributed by atoms with Crippen molar-refractivity contribution in [2.24, 2.45) is 5.73 Å². The fourth-order valence-electron chi connectivity index (χ4n) is 3.63. The molecule has 1 aromatic rings. The van der Waals surface area contributed by atoms with Gasteiger partial charge in [-0.25, -0.2) is 0 Å². The van der Waals surface area contributed by atoms with Gasteiger partial charge in [-0.3, -0.25) is 4.79 Å². The Balaban J connectivity index is 0.00000161. The molecule has 1 atom stereocenters. The zero-order valence-electron chi connectivity index (χ0n) is 12.4. The normalized spacial score (nSPS) is 27.6. The summed E-state index contributed by atoms with van der Waals surface area (Å²) in [6.07, 6.45) is 7.02. The van der Waals surface area contributed by atoms with Gasteiger partial charge in [0.2, 0.25) is 5.91 Å². The fraction of sp³-hybridized carbons (Fsp3) is 0.588. The van der Waals surface area contributed by atoms with Crippen LogP contribution in [-0.4, -0.2) is 18.0 Å². The number of benzene rings is 1. The quantitative estimate of drug-likeness (QED) is 0.902. The summed E-state index contributed by atoms with van der Waals surface area (Å²) in [6.45, 7) is 0. The zero-order chi connectivity index (χ0) is 13.9. The van der Waals surface area contributed by atoms with Crippen molar-refractivity contribution in [1.29, 1.82) is 0 Å². The van der Waals surface area contributed by atoms with Gasteiger partial charge in [-0.05, 0) is 55.6 Å². The molecule has 1 fully saturated rings. The molecule has 0 aromatic heterocycles. The Morgan fingerprint density at radius 3 is 2.62 bits per heavy atom. The number of carbonyl (C=O) groups excluding carboxylic acids is 1. The van der Waals surface area contributed by atoms with E-state index in [0.717, 1.165) is 38.5 Å². The van der Waals surface area contributed by atoms with Crippen LogP contribution in [0, 0.1) is 0 Å². The van der Waals surface area contributed by atoms with Crippen LogP contribution in [0.5, 0.6) is 0 Å². The second kappa shape index (κ2) is 7.28. The van der Waals surface area contributed by atoms with Crippen LogP contribution in [0.25, 0.3) is 0 Å². The number of halogens is 1. The Hall–Kier alpha value is -1.06. The largest absolute Gasteiger partial charge is 0.353 e. The Morgan fingerprint density at radius 2 is 1.86 bits per heavy atom. The van der Waals surface area contributed by atoms with E-state index < -0.39 is 0 Å². The summed E-state index contributed by atoms with van der Waals surface area (Å²) in [4.78, 5) is 12.2. The maximum Gasteiger partial charge on any atom is 0.220 e. The number of amides is 1. The molecule has 0 bridgehead atoms. The minimum absolute atomic E-state index is 0. The monoisotopic (exact) mass is 308 g/mol. The van der Waals surface area contributed by atoms with E-state index in [-0.39, 0.29) is 18.3 Å². The van der Waals surface area contributed by atoms with Gasteiger partial charge >= 0.3 is 0 Å². The number of nitrogens with one attached hydrogen (secondary N) is 1. The van der Waals surface area contributed by atoms with E-state index in [0.29, 0.717) is 24.4 Å². The van der Waals surface area contributed by atoms with E-state index >= 15 is 0 Å². The minimum atomic E-state index is 0. The van der Waals surface area contributed by atoms with Crippen LogP contribution in [0.4, 0.5) is 0 Å². The Labute approximate surface area is 133 Å². The zero-order valence-corrected chi connectivity index (χ0v) is 13.2. The van der Waals surface area contributed by atoms with Gasteiger partial charge in [-0.1, -0.05) is 24.3 Å². The lowest BCUT2D eigenvalue weighted by Gasteiger charge is -2.27. The first-order valence-corrected chi connectivity index (χ1v) is 7.85. The molecule has 0 saturated heterocycles. The van der Waals surface area contributed by atoms with Gasteiger partial charge in [0.25, 0.3) is 0 Å². The summed E-state index contributed by atoms with van der Waals surface area (Å²) >= 11 is 0. The predicted octanol–water partition coefficient (Wildman–Crippen LogP) is 2.91. The van der Waals surface area contributed by atoms with Crippen LogP contribution < -0.4 is 11.1 Å². The first-order chi connectivity index (χ1) is 9.72. The van der Waals surface area contributed by atoms with Crippen molar-refractivity contribution in [3.05, 3.63) is 35.4 Å². The fourth-order valence-corrected chi connectivity index (χ4v) is 3.63. The first-order valence-electron chi connectivity index (χ1n) is 7.85. The number of hydrogen-bond acceptors (Lipinski definition) is 2. The number of aryl methyl sites for hydroxylation is 1. The Bertz CT molecular complexity index is 483. The molecule has 1 aromatic carbocycles. The molecule has 0 radical (unpaired) electrons. The van der Waals surface area contributed by atoms with Crippen molar-refractivity contribution in [3.8, 4) is 0 Å². The molecule has 1 saturated carbocycles. The number of carbonyl (C=O) groups is 1. The van der Waals surface area contributed by atoms with Gasteiger partial charge in [0.1, 0.15) is 0 Å². The lowest BCUT2D eigenvalue weighted by Crippen LogP contribution is -2.40. The number of fused-ring (bicyclic) bond motifs is 1. The van der Waals surface area contributed by atoms with Crippen molar-refractivity contribution in [1.82, 2.24) is 5.32 Å². The lowest BCUT2D eigenvalue weighted by atomic mass is 9.91. The van der Waals surface area contributed by atoms with Gasteiger partial charge in [0, 0.05) is 18.5 Å². The van der Waals surface area contributed by atoms with Gasteiger partial charge in [0.05, 0.1) is 0 Å². The highest BCUT2D eigenvalue weighted by molar-refractivity contribution is 5.85. The summed E-state index contributed by atoms with van der Waals surface area (Å²) in [5.41, 5.74) is 8.71. The van der Waals surface area contributed by atoms with Crippen LogP contribution in [0.15, 0.2) is 24.3 Å². The number of hydrogen-bond donors (Lipinski definition) is 2. The van der Waals surface area contributed by atoms with E-state index in [1.54, 1.807) is 0 Å². The molecular formula is C17H25ClN2O. The third-order valence-electron chi connectivity index (χ3n) is 4.83. The lowest BCUT2D eigenvalue weighted by molar-refractivity contribution is -0.122. The molecule has 0 aliphatic heterocycles. The van der Waals surface area contributed by atoms with E-state index in [1.807, 2.05) is 0 Å². The molecule has 0 heterocycles. The SMILES string of the molecule is Cl.NC1CCC(NC(=O)CC2CCc3ccccc32)CC1. The third-order valence-corrected chi connectivity index (χ3v) is 4.83. The second-order valence-corrected chi connectivity index (χ2v) is 6.32. The molecule has 2 aliphatic carbocycles. The van der Waals surface area contributed by atoms with Crippen LogP contribution in [-0.2, 0) is 11.2 Å². The number of nitrogens with two attached hydrogens (primary N) is 1. The van der Waals surface area contributed by atoms with E-state index in [1.165, 1.54) is 11.1 Å². The van der Waals surface area contributed by atoms with E-state index in [9.17, 15) is 4.79 Å². The van der Waals surface area contributed by atoms with Crippen LogP contribution >= 0.6 is 12.4 Å². The third kappa shape index (κ3) is 3.98. The smallest absolute Gasteiger partial charge is 0.220 e. The van der Waals surface area contributed by atoms with Crippen molar-refractivity contribution >= 4 is 18.3 Å². The summed E-state index contributed by atoms with van der Waals surface area (Å²) in [5, 5.41) is 3.20. The molecule has 0 spiro atoms. The maximum absolute atomic E-state index is 12.2. The van der Waals surface area contributed by atoms with Crippen LogP contribution in [0.2, 0.25) is 0 Å². The summed E-state index contributed by atoms with van der Waals surface area (Å²) in [7, 11) is 0. The predicted molar refractivity (Wildman–Crippen MR) is 87.7 cm³/mol. The molecular weight excluding hydrogens is 284 g/mol. The average Bonchev–Trinajstić information content (AvgIpc) is 2.85. The van der Waals surface area contributed by atoms with Gasteiger partial charge < -0.3 is 11.1 Å². The molecule has 3 N–H and O–H groups in total. The highest BCUT2D eigenvalue weighted by atomic mass is 35.5. The summed E-state index contributed by atoms with van der Waals surface area (Å²) < 4.78 is 0. The molecule has 4 heteroatoms. The van der Waals surface area contributed by atoms with Crippen LogP contribution in [0.1, 0.15) is 55.6 Å². The van der Waals surface area contributed by atoms with Crippen molar-refractivity contribution in [2.75, 3.05) is 0 Å². The molecule has 1 unspecified atom stereocenters. The minimum Gasteiger partial charge on any atom is -0.353 e. The average molecular weight is 309 g/mol. The highest BCUT2D eigenvalue weighted by Crippen LogP contribution is 2.35. The Kier molecular flexibility index (Phi) is 5.65. The summed E-state index contributed by atoms with van der Waals surface area (Å²) in [6, 6.07) is 9.23. The second-order valence-electron chi connectivity index (χ2n) is 6.32. The molecule has 21 heavy (non-hydrogen) atoms. The van der Waals surface area contributed by atoms with Crippen molar-refractivity contribution in [2.45, 2.75) is 62.9 Å². The van der Waals surface area contributed by atoms with Gasteiger partial charge in [-0.2, -0.15) is 0 Å². The van der Waals surface area contributed by atoms with E-state index in [4.69, 9.17) is 5.73 Å². The van der Waals surface area contributed by atoms with E-state index in [2.05, 4.69) is 29.6 Å². The maximum atomic E-state index is 12.2.